The van der Waals surface area contributed by atoms with Gasteiger partial charge in [0, 0.05) is 29.2 Å². The Bertz CT molecular complexity index is 1550. The van der Waals surface area contributed by atoms with Crippen LogP contribution in [-0.4, -0.2) is 58.5 Å². The Morgan fingerprint density at radius 2 is 1.66 bits per heavy atom. The minimum Gasteiger partial charge on any atom is -0.497 e. The van der Waals surface area contributed by atoms with Crippen LogP contribution >= 0.6 is 23.2 Å². The average molecular weight is 665 g/mol. The molecule has 0 aliphatic heterocycles. The number of anilines is 1. The van der Waals surface area contributed by atoms with Crippen molar-refractivity contribution in [2.45, 2.75) is 57.5 Å². The second kappa shape index (κ2) is 16.0. The highest BCUT2D eigenvalue weighted by atomic mass is 35.5. The molecule has 0 spiro atoms. The zero-order valence-electron chi connectivity index (χ0n) is 25.6. The molecule has 0 aliphatic rings. The number of benzene rings is 3. The Labute approximate surface area is 270 Å². The van der Waals surface area contributed by atoms with E-state index in [1.165, 1.54) is 37.3 Å². The number of amides is 2. The Balaban J connectivity index is 2.15. The second-order valence-corrected chi connectivity index (χ2v) is 12.9. The van der Waals surface area contributed by atoms with Gasteiger partial charge in [-0.15, -0.1) is 0 Å². The van der Waals surface area contributed by atoms with E-state index in [0.29, 0.717) is 27.9 Å². The van der Waals surface area contributed by atoms with Gasteiger partial charge >= 0.3 is 0 Å². The zero-order valence-corrected chi connectivity index (χ0v) is 27.9. The quantitative estimate of drug-likeness (QED) is 0.193. The van der Waals surface area contributed by atoms with Crippen molar-refractivity contribution < 1.29 is 27.5 Å². The van der Waals surface area contributed by atoms with Crippen LogP contribution in [0.2, 0.25) is 10.0 Å². The van der Waals surface area contributed by atoms with Gasteiger partial charge in [-0.25, -0.2) is 8.42 Å². The first-order valence-corrected chi connectivity index (χ1v) is 16.5. The van der Waals surface area contributed by atoms with Crippen LogP contribution in [0.1, 0.15) is 44.2 Å². The zero-order chi connectivity index (χ0) is 32.4. The van der Waals surface area contributed by atoms with E-state index in [9.17, 15) is 18.0 Å². The fraction of sp³-hybridized carbons (Fsp3) is 0.375. The third kappa shape index (κ3) is 8.58. The van der Waals surface area contributed by atoms with Gasteiger partial charge in [-0.05, 0) is 61.7 Å². The maximum atomic E-state index is 14.3. The third-order valence-corrected chi connectivity index (χ3v) is 9.47. The van der Waals surface area contributed by atoms with E-state index >= 15 is 0 Å². The van der Waals surface area contributed by atoms with Crippen LogP contribution in [0.5, 0.6) is 11.5 Å². The van der Waals surface area contributed by atoms with Crippen LogP contribution in [0.15, 0.2) is 65.6 Å². The number of halogens is 2. The van der Waals surface area contributed by atoms with Crippen molar-refractivity contribution in [3.8, 4) is 11.5 Å². The van der Waals surface area contributed by atoms with Gasteiger partial charge in [-0.1, -0.05) is 67.2 Å². The molecule has 0 heterocycles. The molecule has 1 atom stereocenters. The van der Waals surface area contributed by atoms with Crippen LogP contribution in [0, 0.1) is 6.92 Å². The van der Waals surface area contributed by atoms with E-state index in [0.717, 1.165) is 22.7 Å². The SMILES string of the molecule is CCCCNC(=O)[C@@H](CC)N(Cc1ccc(Cl)cc1Cl)C(=O)CN(c1cc(OC)ccc1OC)S(=O)(=O)c1ccc(C)cc1. The number of nitrogens with one attached hydrogen (secondary N) is 1. The predicted molar refractivity (Wildman–Crippen MR) is 174 cm³/mol. The number of nitrogens with zero attached hydrogens (tertiary/aromatic N) is 2. The minimum absolute atomic E-state index is 0.0163. The summed E-state index contributed by atoms with van der Waals surface area (Å²) in [4.78, 5) is 29.1. The average Bonchev–Trinajstić information content (AvgIpc) is 3.00. The number of rotatable bonds is 15. The lowest BCUT2D eigenvalue weighted by Gasteiger charge is -2.33. The van der Waals surface area contributed by atoms with E-state index in [-0.39, 0.29) is 35.2 Å². The molecule has 9 nitrogen and oxygen atoms in total. The summed E-state index contributed by atoms with van der Waals surface area (Å²) in [6.07, 6.45) is 1.94. The molecule has 2 amide bonds. The molecule has 0 aromatic heterocycles. The normalized spacial score (nSPS) is 11.9. The summed E-state index contributed by atoms with van der Waals surface area (Å²) in [5.41, 5.74) is 1.53. The van der Waals surface area contributed by atoms with Crippen molar-refractivity contribution in [1.82, 2.24) is 10.2 Å². The molecule has 44 heavy (non-hydrogen) atoms. The van der Waals surface area contributed by atoms with E-state index in [1.54, 1.807) is 49.4 Å². The molecule has 3 aromatic rings. The summed E-state index contributed by atoms with van der Waals surface area (Å²) < 4.78 is 40.3. The number of sulfonamides is 1. The summed E-state index contributed by atoms with van der Waals surface area (Å²) in [7, 11) is -1.44. The Morgan fingerprint density at radius 3 is 2.25 bits per heavy atom. The molecule has 3 aromatic carbocycles. The molecule has 3 rings (SSSR count). The lowest BCUT2D eigenvalue weighted by atomic mass is 10.1. The van der Waals surface area contributed by atoms with Crippen molar-refractivity contribution in [2.75, 3.05) is 31.6 Å². The molecule has 0 saturated heterocycles. The summed E-state index contributed by atoms with van der Waals surface area (Å²) in [5, 5.41) is 3.64. The Hall–Kier alpha value is -3.47. The summed E-state index contributed by atoms with van der Waals surface area (Å²) >= 11 is 12.6. The number of carbonyl (C=O) groups is 2. The van der Waals surface area contributed by atoms with Gasteiger partial charge in [0.15, 0.2) is 0 Å². The van der Waals surface area contributed by atoms with Gasteiger partial charge in [0.2, 0.25) is 11.8 Å². The van der Waals surface area contributed by atoms with Gasteiger partial charge in [-0.2, -0.15) is 0 Å². The molecular weight excluding hydrogens is 625 g/mol. The van der Waals surface area contributed by atoms with Crippen molar-refractivity contribution in [3.05, 3.63) is 81.8 Å². The number of ether oxygens (including phenoxy) is 2. The fourth-order valence-corrected chi connectivity index (χ4v) is 6.49. The van der Waals surface area contributed by atoms with Gasteiger partial charge in [-0.3, -0.25) is 13.9 Å². The maximum Gasteiger partial charge on any atom is 0.264 e. The molecule has 0 unspecified atom stereocenters. The minimum atomic E-state index is -4.31. The predicted octanol–water partition coefficient (Wildman–Crippen LogP) is 6.24. The summed E-state index contributed by atoms with van der Waals surface area (Å²) in [6, 6.07) is 15.0. The topological polar surface area (TPSA) is 105 Å². The van der Waals surface area contributed by atoms with E-state index in [1.807, 2.05) is 13.8 Å². The van der Waals surface area contributed by atoms with Crippen LogP contribution in [0.3, 0.4) is 0 Å². The van der Waals surface area contributed by atoms with Crippen LogP contribution in [0.25, 0.3) is 0 Å². The Morgan fingerprint density at radius 1 is 0.955 bits per heavy atom. The first-order valence-electron chi connectivity index (χ1n) is 14.3. The van der Waals surface area contributed by atoms with Crippen molar-refractivity contribution >= 4 is 50.7 Å². The maximum absolute atomic E-state index is 14.3. The molecule has 0 aliphatic carbocycles. The largest absolute Gasteiger partial charge is 0.497 e. The molecule has 0 saturated carbocycles. The first kappa shape index (κ1) is 35.0. The lowest BCUT2D eigenvalue weighted by Crippen LogP contribution is -2.52. The van der Waals surface area contributed by atoms with Gasteiger partial charge in [0.25, 0.3) is 10.0 Å². The highest BCUT2D eigenvalue weighted by Crippen LogP contribution is 2.36. The summed E-state index contributed by atoms with van der Waals surface area (Å²) in [6.45, 7) is 5.41. The number of carbonyl (C=O) groups excluding carboxylic acids is 2. The van der Waals surface area contributed by atoms with E-state index in [2.05, 4.69) is 5.32 Å². The number of hydrogen-bond acceptors (Lipinski definition) is 6. The smallest absolute Gasteiger partial charge is 0.264 e. The lowest BCUT2D eigenvalue weighted by molar-refractivity contribution is -0.140. The number of aryl methyl sites for hydroxylation is 1. The number of methoxy groups -OCH3 is 2. The second-order valence-electron chi connectivity index (χ2n) is 10.2. The van der Waals surface area contributed by atoms with Crippen molar-refractivity contribution in [1.29, 1.82) is 0 Å². The summed E-state index contributed by atoms with van der Waals surface area (Å²) in [5.74, 6) is -0.379. The van der Waals surface area contributed by atoms with Crippen molar-refractivity contribution in [2.24, 2.45) is 0 Å². The highest BCUT2D eigenvalue weighted by molar-refractivity contribution is 7.92. The molecule has 0 fully saturated rings. The monoisotopic (exact) mass is 663 g/mol. The molecular formula is C32H39Cl2N3O6S. The number of unbranched alkanes of at least 4 members (excludes halogenated alkanes) is 1. The molecule has 0 radical (unpaired) electrons. The molecule has 0 bridgehead atoms. The van der Waals surface area contributed by atoms with Crippen LogP contribution < -0.4 is 19.1 Å². The van der Waals surface area contributed by atoms with Gasteiger partial charge in [0.1, 0.15) is 24.1 Å². The van der Waals surface area contributed by atoms with Crippen molar-refractivity contribution in [3.63, 3.8) is 0 Å². The first-order chi connectivity index (χ1) is 21.0. The molecule has 238 valence electrons. The van der Waals surface area contributed by atoms with Crippen LogP contribution in [0.4, 0.5) is 5.69 Å². The third-order valence-electron chi connectivity index (χ3n) is 7.11. The van der Waals surface area contributed by atoms with Crippen LogP contribution in [-0.2, 0) is 26.2 Å². The Kier molecular flexibility index (Phi) is 12.7. The highest BCUT2D eigenvalue weighted by Gasteiger charge is 2.35. The fourth-order valence-electron chi connectivity index (χ4n) is 4.60. The van der Waals surface area contributed by atoms with E-state index < -0.39 is 28.5 Å². The van der Waals surface area contributed by atoms with Gasteiger partial charge < -0.3 is 19.7 Å². The van der Waals surface area contributed by atoms with E-state index in [4.69, 9.17) is 32.7 Å². The molecule has 12 heteroatoms. The van der Waals surface area contributed by atoms with Gasteiger partial charge in [0.05, 0.1) is 24.8 Å². The number of hydrogen-bond donors (Lipinski definition) is 1. The molecule has 1 N–H and O–H groups in total. The standard InChI is InChI=1S/C32H39Cl2N3O6S/c1-6-8-17-35-32(39)28(7-2)36(20-23-11-12-24(33)18-27(23)34)31(38)21-37(29-19-25(42-4)13-16-30(29)43-5)44(40,41)26-14-9-22(3)10-15-26/h9-16,18-19,28H,6-8,17,20-21H2,1-5H3,(H,35,39)/t28-/m1/s1.